The molecule has 4 atom stereocenters. The lowest BCUT2D eigenvalue weighted by atomic mass is 9.66. The largest absolute Gasteiger partial charge is 0.378 e. The van der Waals surface area contributed by atoms with E-state index in [9.17, 15) is 0 Å². The summed E-state index contributed by atoms with van der Waals surface area (Å²) in [5.41, 5.74) is 0.584. The number of hydrogen-bond acceptors (Lipinski definition) is 1. The first-order chi connectivity index (χ1) is 7.64. The Kier molecular flexibility index (Phi) is 3.94. The van der Waals surface area contributed by atoms with Crippen LogP contribution in [0.3, 0.4) is 0 Å². The number of rotatable bonds is 4. The van der Waals surface area contributed by atoms with E-state index in [0.29, 0.717) is 11.5 Å². The molecular weight excluding hydrogens is 196 g/mol. The van der Waals surface area contributed by atoms with Crippen LogP contribution in [0.1, 0.15) is 65.7 Å². The third-order valence-corrected chi connectivity index (χ3v) is 4.94. The minimum absolute atomic E-state index is 0.584. The first-order valence-electron chi connectivity index (χ1n) is 7.26. The molecule has 1 saturated heterocycles. The summed E-state index contributed by atoms with van der Waals surface area (Å²) in [5.74, 6) is 1.68. The fourth-order valence-electron chi connectivity index (χ4n) is 3.70. The molecule has 1 aliphatic heterocycles. The second-order valence-electron chi connectivity index (χ2n) is 6.52. The fourth-order valence-corrected chi connectivity index (χ4v) is 3.70. The lowest BCUT2D eigenvalue weighted by Crippen LogP contribution is -2.34. The molecule has 1 aliphatic carbocycles. The molecule has 0 N–H and O–H groups in total. The van der Waals surface area contributed by atoms with Gasteiger partial charge in [0.2, 0.25) is 0 Å². The van der Waals surface area contributed by atoms with Gasteiger partial charge in [-0.25, -0.2) is 0 Å². The van der Waals surface area contributed by atoms with E-state index in [4.69, 9.17) is 4.74 Å². The van der Waals surface area contributed by atoms with Crippen LogP contribution in [-0.2, 0) is 4.74 Å². The number of ether oxygens (including phenoxy) is 1. The topological polar surface area (TPSA) is 9.23 Å². The van der Waals surface area contributed by atoms with Crippen molar-refractivity contribution in [1.82, 2.24) is 0 Å². The van der Waals surface area contributed by atoms with Crippen molar-refractivity contribution >= 4 is 0 Å². The van der Waals surface area contributed by atoms with Crippen LogP contribution in [0.25, 0.3) is 0 Å². The molecule has 3 unspecified atom stereocenters. The second-order valence-corrected chi connectivity index (χ2v) is 6.52. The van der Waals surface area contributed by atoms with Gasteiger partial charge in [-0.05, 0) is 42.9 Å². The van der Waals surface area contributed by atoms with Crippen molar-refractivity contribution < 1.29 is 4.74 Å². The van der Waals surface area contributed by atoms with E-state index >= 15 is 0 Å². The zero-order valence-electron chi connectivity index (χ0n) is 11.3. The molecule has 0 spiro atoms. The summed E-state index contributed by atoms with van der Waals surface area (Å²) >= 11 is 0. The summed E-state index contributed by atoms with van der Waals surface area (Å²) in [6.07, 6.45) is 10.3. The third-order valence-electron chi connectivity index (χ3n) is 4.94. The monoisotopic (exact) mass is 224 g/mol. The Morgan fingerprint density at radius 1 is 1.31 bits per heavy atom. The van der Waals surface area contributed by atoms with Crippen molar-refractivity contribution in [3.8, 4) is 0 Å². The Morgan fingerprint density at radius 3 is 2.88 bits per heavy atom. The molecule has 94 valence electrons. The Labute approximate surface area is 101 Å². The van der Waals surface area contributed by atoms with Gasteiger partial charge >= 0.3 is 0 Å². The summed E-state index contributed by atoms with van der Waals surface area (Å²) in [5, 5.41) is 0. The summed E-state index contributed by atoms with van der Waals surface area (Å²) in [6.45, 7) is 8.16. The van der Waals surface area contributed by atoms with Gasteiger partial charge in [0.1, 0.15) is 0 Å². The van der Waals surface area contributed by atoms with Crippen molar-refractivity contribution in [2.75, 3.05) is 6.61 Å². The average Bonchev–Trinajstić information content (AvgIpc) is 2.60. The standard InChI is InChI=1S/C15H28O/c1-4-5-6-8-15(3)9-7-13-12(2)11-16-14(13)10-15/h12-14H,4-11H2,1-3H3/t12?,13?,14?,15-/m1/s1. The second kappa shape index (κ2) is 5.08. The Balaban J connectivity index is 1.85. The molecule has 2 rings (SSSR count). The van der Waals surface area contributed by atoms with Gasteiger partial charge in [0.25, 0.3) is 0 Å². The van der Waals surface area contributed by atoms with Crippen LogP contribution < -0.4 is 0 Å². The molecule has 1 nitrogen and oxygen atoms in total. The molecule has 0 radical (unpaired) electrons. The zero-order valence-corrected chi connectivity index (χ0v) is 11.3. The van der Waals surface area contributed by atoms with E-state index in [0.717, 1.165) is 18.4 Å². The smallest absolute Gasteiger partial charge is 0.0612 e. The van der Waals surface area contributed by atoms with Crippen LogP contribution in [0.4, 0.5) is 0 Å². The molecule has 1 heterocycles. The van der Waals surface area contributed by atoms with Crippen LogP contribution in [0.15, 0.2) is 0 Å². The number of fused-ring (bicyclic) bond motifs is 1. The first-order valence-corrected chi connectivity index (χ1v) is 7.26. The highest BCUT2D eigenvalue weighted by atomic mass is 16.5. The van der Waals surface area contributed by atoms with E-state index in [-0.39, 0.29) is 0 Å². The predicted molar refractivity (Wildman–Crippen MR) is 68.5 cm³/mol. The van der Waals surface area contributed by atoms with E-state index in [1.54, 1.807) is 0 Å². The first kappa shape index (κ1) is 12.4. The maximum Gasteiger partial charge on any atom is 0.0612 e. The van der Waals surface area contributed by atoms with Crippen molar-refractivity contribution in [2.24, 2.45) is 17.3 Å². The molecule has 1 saturated carbocycles. The van der Waals surface area contributed by atoms with Crippen molar-refractivity contribution in [2.45, 2.75) is 71.8 Å². The van der Waals surface area contributed by atoms with Gasteiger partial charge < -0.3 is 4.74 Å². The SMILES string of the molecule is CCCCC[C@]1(C)CCC2C(C)COC2C1. The minimum atomic E-state index is 0.584. The number of unbranched alkanes of at least 4 members (excludes halogenated alkanes) is 2. The molecule has 0 bridgehead atoms. The molecule has 0 aromatic carbocycles. The Hall–Kier alpha value is -0.0400. The van der Waals surface area contributed by atoms with Gasteiger partial charge in [0.15, 0.2) is 0 Å². The minimum Gasteiger partial charge on any atom is -0.378 e. The molecule has 2 aliphatic rings. The lowest BCUT2D eigenvalue weighted by Gasteiger charge is -2.40. The molecule has 16 heavy (non-hydrogen) atoms. The van der Waals surface area contributed by atoms with Gasteiger partial charge in [0, 0.05) is 6.61 Å². The highest BCUT2D eigenvalue weighted by Crippen LogP contribution is 2.48. The van der Waals surface area contributed by atoms with Gasteiger partial charge in [-0.2, -0.15) is 0 Å². The lowest BCUT2D eigenvalue weighted by molar-refractivity contribution is 0.00938. The quantitative estimate of drug-likeness (QED) is 0.643. The van der Waals surface area contributed by atoms with Crippen LogP contribution in [0.2, 0.25) is 0 Å². The van der Waals surface area contributed by atoms with Crippen molar-refractivity contribution in [3.05, 3.63) is 0 Å². The van der Waals surface area contributed by atoms with E-state index in [2.05, 4.69) is 20.8 Å². The Morgan fingerprint density at radius 2 is 2.12 bits per heavy atom. The summed E-state index contributed by atoms with van der Waals surface area (Å²) < 4.78 is 5.97. The Bertz CT molecular complexity index is 225. The van der Waals surface area contributed by atoms with Crippen molar-refractivity contribution in [1.29, 1.82) is 0 Å². The summed E-state index contributed by atoms with van der Waals surface area (Å²) in [6, 6.07) is 0. The molecule has 0 aromatic rings. The van der Waals surface area contributed by atoms with E-state index < -0.39 is 0 Å². The normalized spacial score (nSPS) is 43.3. The van der Waals surface area contributed by atoms with Gasteiger partial charge in [0.05, 0.1) is 6.10 Å². The molecular formula is C15H28O. The van der Waals surface area contributed by atoms with Crippen LogP contribution in [0, 0.1) is 17.3 Å². The van der Waals surface area contributed by atoms with E-state index in [1.807, 2.05) is 0 Å². The van der Waals surface area contributed by atoms with Crippen LogP contribution >= 0.6 is 0 Å². The van der Waals surface area contributed by atoms with Gasteiger partial charge in [-0.1, -0.05) is 40.0 Å². The number of hydrogen-bond donors (Lipinski definition) is 0. The van der Waals surface area contributed by atoms with Gasteiger partial charge in [-0.3, -0.25) is 0 Å². The molecule has 0 amide bonds. The molecule has 1 heteroatoms. The fraction of sp³-hybridized carbons (Fsp3) is 1.00. The van der Waals surface area contributed by atoms with Crippen LogP contribution in [-0.4, -0.2) is 12.7 Å². The van der Waals surface area contributed by atoms with Gasteiger partial charge in [-0.15, -0.1) is 0 Å². The zero-order chi connectivity index (χ0) is 11.6. The van der Waals surface area contributed by atoms with Crippen molar-refractivity contribution in [3.63, 3.8) is 0 Å². The predicted octanol–water partition coefficient (Wildman–Crippen LogP) is 4.41. The summed E-state index contributed by atoms with van der Waals surface area (Å²) in [7, 11) is 0. The third kappa shape index (κ3) is 2.61. The molecule has 2 fully saturated rings. The average molecular weight is 224 g/mol. The molecule has 0 aromatic heterocycles. The van der Waals surface area contributed by atoms with Crippen LogP contribution in [0.5, 0.6) is 0 Å². The maximum atomic E-state index is 5.97. The van der Waals surface area contributed by atoms with E-state index in [1.165, 1.54) is 44.9 Å². The highest BCUT2D eigenvalue weighted by molar-refractivity contribution is 4.93. The highest BCUT2D eigenvalue weighted by Gasteiger charge is 2.43. The maximum absolute atomic E-state index is 5.97. The summed E-state index contributed by atoms with van der Waals surface area (Å²) in [4.78, 5) is 0.